The summed E-state index contributed by atoms with van der Waals surface area (Å²) in [5.74, 6) is 0.387. The molecule has 0 bridgehead atoms. The van der Waals surface area contributed by atoms with Crippen molar-refractivity contribution in [1.29, 1.82) is 5.41 Å². The Morgan fingerprint density at radius 3 is 2.96 bits per heavy atom. The van der Waals surface area contributed by atoms with Gasteiger partial charge < -0.3 is 20.8 Å². The molecule has 2 heterocycles. The number of hydrogen-bond donors (Lipinski definition) is 4. The maximum Gasteiger partial charge on any atom is 0.320 e. The molecular formula is C20H26N6O2. The molecule has 0 aromatic carbocycles. The van der Waals surface area contributed by atoms with E-state index in [1.807, 2.05) is 26.0 Å². The second-order valence-corrected chi connectivity index (χ2v) is 6.74. The van der Waals surface area contributed by atoms with E-state index in [0.717, 1.165) is 30.6 Å². The number of nitrogens with one attached hydrogen (secondary N) is 4. The van der Waals surface area contributed by atoms with E-state index in [2.05, 4.69) is 25.9 Å². The molecule has 1 saturated carbocycles. The highest BCUT2D eigenvalue weighted by Crippen LogP contribution is 2.23. The predicted molar refractivity (Wildman–Crippen MR) is 110 cm³/mol. The summed E-state index contributed by atoms with van der Waals surface area (Å²) in [6, 6.07) is 5.11. The van der Waals surface area contributed by atoms with Crippen molar-refractivity contribution in [2.45, 2.75) is 45.3 Å². The highest BCUT2D eigenvalue weighted by molar-refractivity contribution is 5.92. The average Bonchev–Trinajstić information content (AvgIpc) is 3.10. The number of rotatable bonds is 7. The first-order valence-corrected chi connectivity index (χ1v) is 9.48. The average molecular weight is 382 g/mol. The van der Waals surface area contributed by atoms with Crippen molar-refractivity contribution in [2.24, 2.45) is 0 Å². The topological polar surface area (TPSA) is 112 Å². The fourth-order valence-electron chi connectivity index (χ4n) is 3.37. The molecule has 8 nitrogen and oxygen atoms in total. The van der Waals surface area contributed by atoms with E-state index in [1.54, 1.807) is 18.5 Å². The predicted octanol–water partition coefficient (Wildman–Crippen LogP) is 3.61. The van der Waals surface area contributed by atoms with Crippen molar-refractivity contribution in [1.82, 2.24) is 15.3 Å². The lowest BCUT2D eigenvalue weighted by Gasteiger charge is -2.21. The Labute approximate surface area is 164 Å². The Bertz CT molecular complexity index is 841. The van der Waals surface area contributed by atoms with Crippen molar-refractivity contribution in [3.63, 3.8) is 0 Å². The van der Waals surface area contributed by atoms with Gasteiger partial charge in [0.2, 0.25) is 0 Å². The van der Waals surface area contributed by atoms with Gasteiger partial charge in [-0.15, -0.1) is 0 Å². The van der Waals surface area contributed by atoms with Crippen LogP contribution in [0.25, 0.3) is 0 Å². The molecule has 1 fully saturated rings. The van der Waals surface area contributed by atoms with Crippen LogP contribution < -0.4 is 16.0 Å². The summed E-state index contributed by atoms with van der Waals surface area (Å²) < 4.78 is 5.68. The van der Waals surface area contributed by atoms with Gasteiger partial charge in [0.1, 0.15) is 5.82 Å². The number of aromatic nitrogens is 2. The van der Waals surface area contributed by atoms with E-state index in [-0.39, 0.29) is 18.2 Å². The van der Waals surface area contributed by atoms with E-state index in [1.165, 1.54) is 6.21 Å². The summed E-state index contributed by atoms with van der Waals surface area (Å²) in [7, 11) is 0. The molecule has 0 saturated heterocycles. The third-order valence-corrected chi connectivity index (χ3v) is 4.66. The van der Waals surface area contributed by atoms with E-state index in [9.17, 15) is 4.79 Å². The van der Waals surface area contributed by atoms with Crippen molar-refractivity contribution in [2.75, 3.05) is 17.2 Å². The van der Waals surface area contributed by atoms with Gasteiger partial charge in [0.05, 0.1) is 24.0 Å². The molecule has 8 heteroatoms. The molecule has 0 spiro atoms. The van der Waals surface area contributed by atoms with Crippen LogP contribution >= 0.6 is 0 Å². The molecule has 1 aliphatic carbocycles. The lowest BCUT2D eigenvalue weighted by Crippen LogP contribution is -2.43. The molecule has 2 atom stereocenters. The minimum Gasteiger partial charge on any atom is -0.376 e. The first kappa shape index (κ1) is 19.8. The van der Waals surface area contributed by atoms with Crippen LogP contribution in [0.4, 0.5) is 22.0 Å². The van der Waals surface area contributed by atoms with E-state index >= 15 is 0 Å². The van der Waals surface area contributed by atoms with Gasteiger partial charge in [-0.3, -0.25) is 10.3 Å². The van der Waals surface area contributed by atoms with Gasteiger partial charge in [-0.2, -0.15) is 0 Å². The number of carbonyl (C=O) groups is 1. The molecule has 0 aliphatic heterocycles. The summed E-state index contributed by atoms with van der Waals surface area (Å²) in [6.07, 6.45) is 7.52. The van der Waals surface area contributed by atoms with Gasteiger partial charge in [0, 0.05) is 36.0 Å². The van der Waals surface area contributed by atoms with Crippen LogP contribution in [-0.2, 0) is 4.74 Å². The van der Waals surface area contributed by atoms with Crippen LogP contribution in [-0.4, -0.2) is 41.0 Å². The molecule has 28 heavy (non-hydrogen) atoms. The van der Waals surface area contributed by atoms with Crippen molar-refractivity contribution in [3.05, 3.63) is 41.9 Å². The third kappa shape index (κ3) is 5.04. The normalized spacial score (nSPS) is 18.5. The van der Waals surface area contributed by atoms with E-state index in [0.29, 0.717) is 23.7 Å². The summed E-state index contributed by atoms with van der Waals surface area (Å²) in [6.45, 7) is 4.51. The number of hydrogen-bond acceptors (Lipinski definition) is 6. The van der Waals surface area contributed by atoms with Crippen LogP contribution in [0.5, 0.6) is 0 Å². The van der Waals surface area contributed by atoms with Crippen molar-refractivity contribution >= 4 is 29.4 Å². The maximum atomic E-state index is 12.3. The Morgan fingerprint density at radius 2 is 2.21 bits per heavy atom. The minimum absolute atomic E-state index is 0.0121. The molecule has 1 aliphatic rings. The molecule has 2 aromatic rings. The second-order valence-electron chi connectivity index (χ2n) is 6.74. The molecule has 2 aromatic heterocycles. The standard InChI is InChI=1S/C20H26N6O2/c1-3-28-18-6-4-5-16(18)25-20(27)26-19-10-14(11-21)17(12-23-19)24-15-7-8-22-13(2)9-15/h7-12,16,18,21H,3-6H2,1-2H3,(H,22,24)(H2,23,25,26,27)/t16-,18-/m0/s1. The minimum atomic E-state index is -0.314. The molecule has 4 N–H and O–H groups in total. The molecule has 2 amide bonds. The quantitative estimate of drug-likeness (QED) is 0.547. The fraction of sp³-hybridized carbons (Fsp3) is 0.400. The zero-order valence-corrected chi connectivity index (χ0v) is 16.2. The monoisotopic (exact) mass is 382 g/mol. The number of urea groups is 1. The first-order chi connectivity index (χ1) is 13.6. The van der Waals surface area contributed by atoms with Crippen LogP contribution in [0.1, 0.15) is 37.4 Å². The number of anilines is 3. The second kappa shape index (κ2) is 9.27. The van der Waals surface area contributed by atoms with Crippen LogP contribution in [0.2, 0.25) is 0 Å². The fourth-order valence-corrected chi connectivity index (χ4v) is 3.37. The van der Waals surface area contributed by atoms with Gasteiger partial charge in [-0.05, 0) is 51.3 Å². The molecule has 0 unspecified atom stereocenters. The number of aryl methyl sites for hydroxylation is 1. The zero-order valence-electron chi connectivity index (χ0n) is 16.2. The first-order valence-electron chi connectivity index (χ1n) is 9.48. The lowest BCUT2D eigenvalue weighted by molar-refractivity contribution is 0.0516. The number of amides is 2. The Balaban J connectivity index is 1.64. The number of nitrogens with zero attached hydrogens (tertiary/aromatic N) is 2. The highest BCUT2D eigenvalue weighted by atomic mass is 16.5. The van der Waals surface area contributed by atoms with Crippen LogP contribution in [0.15, 0.2) is 30.6 Å². The van der Waals surface area contributed by atoms with Gasteiger partial charge >= 0.3 is 6.03 Å². The number of carbonyl (C=O) groups excluding carboxylic acids is 1. The third-order valence-electron chi connectivity index (χ3n) is 4.66. The van der Waals surface area contributed by atoms with Crippen molar-refractivity contribution < 1.29 is 9.53 Å². The SMILES string of the molecule is CCO[C@H]1CCC[C@@H]1NC(=O)Nc1cc(C=N)c(Nc2ccnc(C)c2)cn1. The smallest absolute Gasteiger partial charge is 0.320 e. The summed E-state index contributed by atoms with van der Waals surface area (Å²) >= 11 is 0. The largest absolute Gasteiger partial charge is 0.376 e. The Hall–Kier alpha value is -3.00. The van der Waals surface area contributed by atoms with E-state index in [4.69, 9.17) is 10.1 Å². The highest BCUT2D eigenvalue weighted by Gasteiger charge is 2.29. The van der Waals surface area contributed by atoms with Crippen LogP contribution in [0, 0.1) is 12.3 Å². The summed E-state index contributed by atoms with van der Waals surface area (Å²) in [5, 5.41) is 16.6. The molecule has 0 radical (unpaired) electrons. The number of pyridine rings is 2. The lowest BCUT2D eigenvalue weighted by atomic mass is 10.2. The summed E-state index contributed by atoms with van der Waals surface area (Å²) in [5.41, 5.74) is 3.05. The van der Waals surface area contributed by atoms with E-state index < -0.39 is 0 Å². The van der Waals surface area contributed by atoms with Gasteiger partial charge in [-0.1, -0.05) is 0 Å². The van der Waals surface area contributed by atoms with Gasteiger partial charge in [0.25, 0.3) is 0 Å². The Morgan fingerprint density at radius 1 is 1.36 bits per heavy atom. The van der Waals surface area contributed by atoms with Gasteiger partial charge in [-0.25, -0.2) is 9.78 Å². The van der Waals surface area contributed by atoms with Crippen LogP contribution in [0.3, 0.4) is 0 Å². The molecular weight excluding hydrogens is 356 g/mol. The zero-order chi connectivity index (χ0) is 19.9. The summed E-state index contributed by atoms with van der Waals surface area (Å²) in [4.78, 5) is 20.8. The number of ether oxygens (including phenoxy) is 1. The molecule has 148 valence electrons. The maximum absolute atomic E-state index is 12.3. The Kier molecular flexibility index (Phi) is 6.54. The molecule has 3 rings (SSSR count). The van der Waals surface area contributed by atoms with Gasteiger partial charge in [0.15, 0.2) is 0 Å². The van der Waals surface area contributed by atoms with Crippen molar-refractivity contribution in [3.8, 4) is 0 Å².